The number of rotatable bonds is 12. The Morgan fingerprint density at radius 1 is 0.783 bits per heavy atom. The standard InChI is InChI=1S/C41H37N5/c1-4-29(25-43)10-9-11-34(26-44)32-15-18-38-39-19-16-33-23-31(35(27-45)22-28(3)30(5-2)20-21-42)14-17-37(33)41(39)46(40(38)24-32)36-12-7-6-8-13-36/h4-9,11-27,42,45H,1-3,10,43-44H2/b11-9-,29-25+,30-20+,34-26+,35-22+,42-21?,45-27?. The van der Waals surface area contributed by atoms with Gasteiger partial charge in [0.25, 0.3) is 0 Å². The van der Waals surface area contributed by atoms with Crippen LogP contribution >= 0.6 is 0 Å². The Kier molecular flexibility index (Phi) is 9.54. The van der Waals surface area contributed by atoms with Gasteiger partial charge in [-0.1, -0.05) is 98.6 Å². The van der Waals surface area contributed by atoms with E-state index in [1.54, 1.807) is 30.6 Å². The van der Waals surface area contributed by atoms with E-state index >= 15 is 0 Å². The minimum atomic E-state index is 0.663. The normalized spacial score (nSPS) is 13.0. The molecule has 1 aromatic heterocycles. The van der Waals surface area contributed by atoms with Gasteiger partial charge >= 0.3 is 0 Å². The minimum absolute atomic E-state index is 0.663. The van der Waals surface area contributed by atoms with Crippen LogP contribution in [0.4, 0.5) is 0 Å². The predicted octanol–water partition coefficient (Wildman–Crippen LogP) is 9.56. The fourth-order valence-corrected chi connectivity index (χ4v) is 5.71. The second-order valence-electron chi connectivity index (χ2n) is 10.7. The zero-order valence-electron chi connectivity index (χ0n) is 25.7. The smallest absolute Gasteiger partial charge is 0.0619 e. The van der Waals surface area contributed by atoms with Gasteiger partial charge in [-0.05, 0) is 93.4 Å². The zero-order chi connectivity index (χ0) is 32.6. The largest absolute Gasteiger partial charge is 0.404 e. The quantitative estimate of drug-likeness (QED) is 0.0847. The lowest BCUT2D eigenvalue weighted by atomic mass is 9.97. The number of hydrogen-bond acceptors (Lipinski definition) is 4. The SMILES string of the molecule is C=C/C(=C\N)C/C=C\C(=C/N)c1ccc2c3ccc4cc(/C(C=N)=C/C(=C)/C(C=C)=C/C=N)ccc4c3n(-c3ccccc3)c2c1. The van der Waals surface area contributed by atoms with Crippen LogP contribution in [0.2, 0.25) is 0 Å². The number of nitrogens with one attached hydrogen (secondary N) is 2. The van der Waals surface area contributed by atoms with Crippen LogP contribution in [0.15, 0.2) is 164 Å². The summed E-state index contributed by atoms with van der Waals surface area (Å²) in [5, 5.41) is 20.0. The summed E-state index contributed by atoms with van der Waals surface area (Å²) in [4.78, 5) is 0. The summed E-state index contributed by atoms with van der Waals surface area (Å²) in [5.74, 6) is 0. The van der Waals surface area contributed by atoms with E-state index in [1.165, 1.54) is 12.4 Å². The third-order valence-corrected chi connectivity index (χ3v) is 8.07. The van der Waals surface area contributed by atoms with E-state index in [1.807, 2.05) is 30.4 Å². The van der Waals surface area contributed by atoms with E-state index in [9.17, 15) is 0 Å². The molecule has 0 amide bonds. The maximum Gasteiger partial charge on any atom is 0.0619 e. The number of fused-ring (bicyclic) bond motifs is 5. The number of hydrogen-bond donors (Lipinski definition) is 4. The van der Waals surface area contributed by atoms with E-state index in [4.69, 9.17) is 22.3 Å². The third-order valence-electron chi connectivity index (χ3n) is 8.07. The van der Waals surface area contributed by atoms with Gasteiger partial charge in [-0.2, -0.15) is 0 Å². The molecule has 5 nitrogen and oxygen atoms in total. The molecule has 0 aliphatic rings. The van der Waals surface area contributed by atoms with Gasteiger partial charge in [0.1, 0.15) is 0 Å². The van der Waals surface area contributed by atoms with Gasteiger partial charge in [-0.3, -0.25) is 0 Å². The summed E-state index contributed by atoms with van der Waals surface area (Å²) >= 11 is 0. The van der Waals surface area contributed by atoms with Crippen LogP contribution in [0.25, 0.3) is 49.4 Å². The zero-order valence-corrected chi connectivity index (χ0v) is 25.7. The molecule has 5 heteroatoms. The van der Waals surface area contributed by atoms with Gasteiger partial charge < -0.3 is 26.9 Å². The first-order valence-corrected chi connectivity index (χ1v) is 14.9. The molecule has 0 bridgehead atoms. The lowest BCUT2D eigenvalue weighted by molar-refractivity contribution is 1.19. The highest BCUT2D eigenvalue weighted by Gasteiger charge is 2.16. The van der Waals surface area contributed by atoms with E-state index < -0.39 is 0 Å². The number of nitrogens with zero attached hydrogens (tertiary/aromatic N) is 1. The lowest BCUT2D eigenvalue weighted by Crippen LogP contribution is -1.95. The van der Waals surface area contributed by atoms with Crippen molar-refractivity contribution >= 4 is 56.2 Å². The van der Waals surface area contributed by atoms with Crippen molar-refractivity contribution in [2.75, 3.05) is 0 Å². The predicted molar refractivity (Wildman–Crippen MR) is 200 cm³/mol. The van der Waals surface area contributed by atoms with E-state index in [-0.39, 0.29) is 0 Å². The molecule has 0 radical (unpaired) electrons. The van der Waals surface area contributed by atoms with Crippen molar-refractivity contribution < 1.29 is 0 Å². The second-order valence-corrected chi connectivity index (χ2v) is 10.7. The average molecular weight is 600 g/mol. The topological polar surface area (TPSA) is 105 Å². The van der Waals surface area contributed by atoms with Crippen molar-refractivity contribution in [3.05, 3.63) is 175 Å². The van der Waals surface area contributed by atoms with E-state index in [0.717, 1.165) is 66.1 Å². The Balaban J connectivity index is 1.70. The van der Waals surface area contributed by atoms with Crippen LogP contribution in [0, 0.1) is 10.8 Å². The Hall–Kier alpha value is -6.20. The molecule has 5 aromatic rings. The van der Waals surface area contributed by atoms with Crippen LogP contribution in [-0.2, 0) is 0 Å². The Bertz CT molecular complexity index is 2160. The summed E-state index contributed by atoms with van der Waals surface area (Å²) in [6, 6.07) is 27.4. The molecule has 46 heavy (non-hydrogen) atoms. The number of benzene rings is 4. The molecule has 0 atom stereocenters. The first-order chi connectivity index (χ1) is 22.5. The molecule has 0 saturated heterocycles. The molecule has 0 aliphatic heterocycles. The average Bonchev–Trinajstić information content (AvgIpc) is 3.43. The molecule has 0 unspecified atom stereocenters. The summed E-state index contributed by atoms with van der Waals surface area (Å²) in [5.41, 5.74) is 20.9. The molecule has 0 aliphatic carbocycles. The van der Waals surface area contributed by atoms with Crippen molar-refractivity contribution in [1.29, 1.82) is 10.8 Å². The van der Waals surface area contributed by atoms with Crippen LogP contribution in [0.1, 0.15) is 17.5 Å². The first-order valence-electron chi connectivity index (χ1n) is 14.9. The van der Waals surface area contributed by atoms with E-state index in [0.29, 0.717) is 17.6 Å². The maximum atomic E-state index is 8.14. The van der Waals surface area contributed by atoms with Crippen molar-refractivity contribution in [2.45, 2.75) is 6.42 Å². The highest BCUT2D eigenvalue weighted by molar-refractivity contribution is 6.20. The first kappa shape index (κ1) is 31.2. The molecule has 5 rings (SSSR count). The number of para-hydroxylation sites is 1. The van der Waals surface area contributed by atoms with Crippen molar-refractivity contribution in [3.8, 4) is 5.69 Å². The third kappa shape index (κ3) is 6.07. The fraction of sp³-hybridized carbons (Fsp3) is 0.0244. The van der Waals surface area contributed by atoms with Crippen molar-refractivity contribution in [1.82, 2.24) is 4.57 Å². The van der Waals surface area contributed by atoms with Gasteiger partial charge in [0, 0.05) is 40.5 Å². The van der Waals surface area contributed by atoms with Crippen molar-refractivity contribution in [3.63, 3.8) is 0 Å². The molecule has 0 spiro atoms. The summed E-state index contributed by atoms with van der Waals surface area (Å²) in [6.07, 6.45) is 17.4. The van der Waals surface area contributed by atoms with Gasteiger partial charge in [-0.25, -0.2) is 0 Å². The van der Waals surface area contributed by atoms with Crippen molar-refractivity contribution in [2.24, 2.45) is 11.5 Å². The van der Waals surface area contributed by atoms with Crippen LogP contribution < -0.4 is 11.5 Å². The monoisotopic (exact) mass is 599 g/mol. The number of allylic oxidation sites excluding steroid dienone is 11. The molecule has 1 heterocycles. The molecular formula is C41H37N5. The van der Waals surface area contributed by atoms with Crippen LogP contribution in [0.5, 0.6) is 0 Å². The number of nitrogens with two attached hydrogens (primary N) is 2. The number of aromatic nitrogens is 1. The van der Waals surface area contributed by atoms with Crippen LogP contribution in [-0.4, -0.2) is 17.0 Å². The van der Waals surface area contributed by atoms with Gasteiger partial charge in [-0.15, -0.1) is 0 Å². The maximum absolute atomic E-state index is 8.14. The molecule has 4 aromatic carbocycles. The minimum Gasteiger partial charge on any atom is -0.404 e. The van der Waals surface area contributed by atoms with Gasteiger partial charge in [0.05, 0.1) is 11.0 Å². The lowest BCUT2D eigenvalue weighted by Gasteiger charge is -2.12. The van der Waals surface area contributed by atoms with Gasteiger partial charge in [0.15, 0.2) is 0 Å². The highest BCUT2D eigenvalue weighted by atomic mass is 15.0. The van der Waals surface area contributed by atoms with Gasteiger partial charge in [0.2, 0.25) is 0 Å². The molecule has 226 valence electrons. The summed E-state index contributed by atoms with van der Waals surface area (Å²) in [7, 11) is 0. The second kappa shape index (κ2) is 14.1. The summed E-state index contributed by atoms with van der Waals surface area (Å²) < 4.78 is 2.31. The molecule has 0 saturated carbocycles. The molecule has 0 fully saturated rings. The molecule has 6 N–H and O–H groups in total. The van der Waals surface area contributed by atoms with E-state index in [2.05, 4.69) is 91.0 Å². The fourth-order valence-electron chi connectivity index (χ4n) is 5.71. The highest BCUT2D eigenvalue weighted by Crippen LogP contribution is 2.38. The summed E-state index contributed by atoms with van der Waals surface area (Å²) in [6.45, 7) is 11.8. The molecular weight excluding hydrogens is 562 g/mol. The Morgan fingerprint density at radius 3 is 2.15 bits per heavy atom. The Morgan fingerprint density at radius 2 is 1.50 bits per heavy atom. The Labute approximate surface area is 269 Å². The van der Waals surface area contributed by atoms with Crippen LogP contribution in [0.3, 0.4) is 0 Å².